The van der Waals surface area contributed by atoms with Crippen LogP contribution in [0.2, 0.25) is 0 Å². The fourth-order valence-electron chi connectivity index (χ4n) is 4.44. The van der Waals surface area contributed by atoms with E-state index in [2.05, 4.69) is 0 Å². The normalized spacial score (nSPS) is 21.9. The smallest absolute Gasteiger partial charge is 0.339 e. The topological polar surface area (TPSA) is 257 Å². The molecule has 2 aromatic carbocycles. The third kappa shape index (κ3) is 5.52. The van der Waals surface area contributed by atoms with Gasteiger partial charge < -0.3 is 64.6 Å². The Bertz CT molecular complexity index is 1690. The summed E-state index contributed by atoms with van der Waals surface area (Å²) in [6.45, 7) is -0.813. The predicted octanol–water partition coefficient (Wildman–Crippen LogP) is 0.689. The van der Waals surface area contributed by atoms with E-state index >= 15 is 0 Å². The second kappa shape index (κ2) is 11.2. The zero-order valence-electron chi connectivity index (χ0n) is 21.7. The Hall–Kier alpha value is -5.22. The average Bonchev–Trinajstić information content (AvgIpc) is 2.96. The summed E-state index contributed by atoms with van der Waals surface area (Å²) < 4.78 is 22.7. The molecule has 2 aromatic rings. The molecule has 43 heavy (non-hydrogen) atoms. The Balaban J connectivity index is 1.59. The summed E-state index contributed by atoms with van der Waals surface area (Å²) >= 11 is 0. The molecule has 15 nitrogen and oxygen atoms in total. The molecule has 0 aromatic heterocycles. The molecule has 2 aliphatic heterocycles. The monoisotopic (exact) mass is 600 g/mol. The number of aromatic hydroxyl groups is 6. The van der Waals surface area contributed by atoms with Gasteiger partial charge in [0.15, 0.2) is 51.8 Å². The van der Waals surface area contributed by atoms with Crippen LogP contribution in [0.1, 0.15) is 10.4 Å². The van der Waals surface area contributed by atoms with E-state index in [1.165, 1.54) is 12.1 Å². The van der Waals surface area contributed by atoms with Crippen LogP contribution in [0.15, 0.2) is 57.7 Å². The standard InChI is InChI=1S/C28H24O15/c29-9-21-23(37)24(38)26(43-27(39)11-4-17(34)22(36)18(35)5-11)28(42-21)41-20-8-13-15(32)6-12(30)7-19(13)40-25(20)10-1-2-14(31)16(33)3-10/h1-8,21,23-24,26,28-29,31-38H,9H2/t21-,23-,24+,26-,28-/m1/s1. The minimum absolute atomic E-state index is 0.0277. The van der Waals surface area contributed by atoms with Crippen LogP contribution in [0.4, 0.5) is 0 Å². The Morgan fingerprint density at radius 1 is 0.814 bits per heavy atom. The SMILES string of the molecule is O=C(O[C@H]1[C@H](Oc2cc3c(O)cc(=O)cc-3oc2-c2ccc(O)c(O)c2)O[C@H](CO)[C@@H](O)[C@@H]1O)c1cc(O)c(O)c(O)c1. The lowest BCUT2D eigenvalue weighted by Crippen LogP contribution is -2.61. The molecule has 0 spiro atoms. The molecule has 5 atom stereocenters. The molecule has 2 heterocycles. The number of ether oxygens (including phenoxy) is 3. The molecule has 9 N–H and O–H groups in total. The lowest BCUT2D eigenvalue weighted by atomic mass is 9.99. The van der Waals surface area contributed by atoms with Crippen LogP contribution in [0.5, 0.6) is 40.2 Å². The average molecular weight is 600 g/mol. The van der Waals surface area contributed by atoms with Crippen molar-refractivity contribution in [1.82, 2.24) is 0 Å². The summed E-state index contributed by atoms with van der Waals surface area (Å²) in [5.74, 6) is -6.00. The molecule has 226 valence electrons. The van der Waals surface area contributed by atoms with Gasteiger partial charge in [-0.2, -0.15) is 0 Å². The first-order valence-corrected chi connectivity index (χ1v) is 12.5. The highest BCUT2D eigenvalue weighted by Gasteiger charge is 2.48. The van der Waals surface area contributed by atoms with Gasteiger partial charge in [-0.15, -0.1) is 0 Å². The third-order valence-corrected chi connectivity index (χ3v) is 6.66. The first-order valence-electron chi connectivity index (χ1n) is 12.5. The van der Waals surface area contributed by atoms with Gasteiger partial charge >= 0.3 is 5.97 Å². The molecule has 3 aliphatic rings. The van der Waals surface area contributed by atoms with E-state index in [4.69, 9.17) is 18.6 Å². The van der Waals surface area contributed by atoms with Crippen molar-refractivity contribution >= 4 is 5.97 Å². The maximum atomic E-state index is 12.9. The largest absolute Gasteiger partial charge is 0.507 e. The van der Waals surface area contributed by atoms with Crippen LogP contribution in [0.25, 0.3) is 22.6 Å². The number of hydrogen-bond acceptors (Lipinski definition) is 15. The van der Waals surface area contributed by atoms with E-state index in [9.17, 15) is 55.5 Å². The van der Waals surface area contributed by atoms with E-state index in [1.54, 1.807) is 0 Å². The van der Waals surface area contributed by atoms with Crippen LogP contribution in [0, 0.1) is 0 Å². The molecule has 1 saturated heterocycles. The highest BCUT2D eigenvalue weighted by molar-refractivity contribution is 5.91. The fraction of sp³-hybridized carbons (Fsp3) is 0.214. The third-order valence-electron chi connectivity index (χ3n) is 6.66. The van der Waals surface area contributed by atoms with Gasteiger partial charge in [-0.05, 0) is 36.4 Å². The van der Waals surface area contributed by atoms with Crippen LogP contribution in [-0.4, -0.2) is 89.2 Å². The number of benzene rings is 3. The molecule has 1 fully saturated rings. The summed E-state index contributed by atoms with van der Waals surface area (Å²) in [7, 11) is 0. The summed E-state index contributed by atoms with van der Waals surface area (Å²) in [6, 6.07) is 8.23. The lowest BCUT2D eigenvalue weighted by molar-refractivity contribution is -0.276. The van der Waals surface area contributed by atoms with Crippen molar-refractivity contribution in [3.8, 4) is 62.9 Å². The van der Waals surface area contributed by atoms with E-state index in [-0.39, 0.29) is 28.4 Å². The number of aliphatic hydroxyl groups is 3. The second-order valence-corrected chi connectivity index (χ2v) is 9.56. The number of carbonyl (C=O) groups excluding carboxylic acids is 1. The Morgan fingerprint density at radius 3 is 2.16 bits per heavy atom. The van der Waals surface area contributed by atoms with Crippen molar-refractivity contribution in [3.05, 3.63) is 64.3 Å². The molecule has 0 radical (unpaired) electrons. The number of phenols is 6. The number of esters is 1. The lowest BCUT2D eigenvalue weighted by Gasteiger charge is -2.41. The van der Waals surface area contributed by atoms with Gasteiger partial charge in [0.1, 0.15) is 29.8 Å². The molecule has 1 aliphatic carbocycles. The summed E-state index contributed by atoms with van der Waals surface area (Å²) in [4.78, 5) is 24.9. The minimum atomic E-state index is -1.94. The molecule has 0 unspecified atom stereocenters. The minimum Gasteiger partial charge on any atom is -0.507 e. The summed E-state index contributed by atoms with van der Waals surface area (Å²) in [5, 5.41) is 90.4. The molecule has 5 rings (SSSR count). The maximum absolute atomic E-state index is 12.9. The Labute approximate surface area is 240 Å². The number of hydrogen-bond donors (Lipinski definition) is 9. The van der Waals surface area contributed by atoms with Crippen molar-refractivity contribution in [2.45, 2.75) is 30.7 Å². The Morgan fingerprint density at radius 2 is 1.51 bits per heavy atom. The number of fused-ring (bicyclic) bond motifs is 1. The molecule has 0 saturated carbocycles. The highest BCUT2D eigenvalue weighted by atomic mass is 16.7. The van der Waals surface area contributed by atoms with Gasteiger partial charge in [0, 0.05) is 17.7 Å². The van der Waals surface area contributed by atoms with Gasteiger partial charge in [-0.25, -0.2) is 4.79 Å². The van der Waals surface area contributed by atoms with E-state index in [1.807, 2.05) is 0 Å². The quantitative estimate of drug-likeness (QED) is 0.109. The number of phenolic OH excluding ortho intramolecular Hbond substituents is 6. The number of aliphatic hydroxyl groups excluding tert-OH is 3. The number of rotatable bonds is 6. The zero-order chi connectivity index (χ0) is 31.2. The van der Waals surface area contributed by atoms with E-state index < -0.39 is 88.8 Å². The predicted molar refractivity (Wildman–Crippen MR) is 141 cm³/mol. The van der Waals surface area contributed by atoms with Crippen LogP contribution >= 0.6 is 0 Å². The van der Waals surface area contributed by atoms with Crippen LogP contribution in [0.3, 0.4) is 0 Å². The first kappa shape index (κ1) is 29.3. The van der Waals surface area contributed by atoms with Crippen LogP contribution in [-0.2, 0) is 9.47 Å². The van der Waals surface area contributed by atoms with Crippen molar-refractivity contribution < 1.29 is 69.4 Å². The molecule has 0 bridgehead atoms. The van der Waals surface area contributed by atoms with Crippen LogP contribution < -0.4 is 10.2 Å². The van der Waals surface area contributed by atoms with Gasteiger partial charge in [-0.1, -0.05) is 0 Å². The van der Waals surface area contributed by atoms with Gasteiger partial charge in [0.2, 0.25) is 6.29 Å². The fourth-order valence-corrected chi connectivity index (χ4v) is 4.44. The molecular weight excluding hydrogens is 576 g/mol. The number of carbonyl (C=O) groups is 1. The van der Waals surface area contributed by atoms with E-state index in [0.29, 0.717) is 0 Å². The van der Waals surface area contributed by atoms with Gasteiger partial charge in [0.25, 0.3) is 0 Å². The maximum Gasteiger partial charge on any atom is 0.339 e. The summed E-state index contributed by atoms with van der Waals surface area (Å²) in [5.41, 5.74) is -1.02. The molecule has 0 amide bonds. The van der Waals surface area contributed by atoms with Crippen molar-refractivity contribution in [1.29, 1.82) is 0 Å². The van der Waals surface area contributed by atoms with E-state index in [0.717, 1.165) is 36.4 Å². The summed E-state index contributed by atoms with van der Waals surface area (Å²) in [6.07, 6.45) is -8.84. The second-order valence-electron chi connectivity index (χ2n) is 9.56. The Kier molecular flexibility index (Phi) is 7.64. The zero-order valence-corrected chi connectivity index (χ0v) is 21.7. The molecule has 15 heteroatoms. The van der Waals surface area contributed by atoms with Crippen molar-refractivity contribution in [3.63, 3.8) is 0 Å². The van der Waals surface area contributed by atoms with Gasteiger partial charge in [0.05, 0.1) is 17.7 Å². The molecular formula is C28H24O15. The highest BCUT2D eigenvalue weighted by Crippen LogP contribution is 2.43. The van der Waals surface area contributed by atoms with Crippen molar-refractivity contribution in [2.75, 3.05) is 6.61 Å². The van der Waals surface area contributed by atoms with Crippen molar-refractivity contribution in [2.24, 2.45) is 0 Å². The first-order chi connectivity index (χ1) is 20.4. The van der Waals surface area contributed by atoms with Gasteiger partial charge in [-0.3, -0.25) is 4.79 Å².